The molecule has 2 rings (SSSR count). The van der Waals surface area contributed by atoms with E-state index in [9.17, 15) is 4.79 Å². The third-order valence-electron chi connectivity index (χ3n) is 2.20. The monoisotopic (exact) mass is 233 g/mol. The highest BCUT2D eigenvalue weighted by Gasteiger charge is 2.12. The second kappa shape index (κ2) is 4.90. The first-order valence-electron chi connectivity index (χ1n) is 4.86. The minimum atomic E-state index is 0.0346. The van der Waals surface area contributed by atoms with Gasteiger partial charge in [-0.3, -0.25) is 4.79 Å². The zero-order valence-electron chi connectivity index (χ0n) is 8.84. The number of para-hydroxylation sites is 1. The van der Waals surface area contributed by atoms with Gasteiger partial charge >= 0.3 is 0 Å². The van der Waals surface area contributed by atoms with Crippen molar-refractivity contribution in [3.05, 3.63) is 46.4 Å². The summed E-state index contributed by atoms with van der Waals surface area (Å²) >= 11 is 1.49. The molecular formula is C12H11NO2S. The van der Waals surface area contributed by atoms with Crippen molar-refractivity contribution in [1.29, 1.82) is 0 Å². The lowest BCUT2D eigenvalue weighted by molar-refractivity contribution is 0.0990. The number of hydrogen-bond acceptors (Lipinski definition) is 4. The van der Waals surface area contributed by atoms with Crippen LogP contribution in [0.4, 0.5) is 0 Å². The fourth-order valence-corrected chi connectivity index (χ4v) is 2.06. The van der Waals surface area contributed by atoms with Crippen LogP contribution in [0, 0.1) is 0 Å². The Hall–Kier alpha value is -1.68. The summed E-state index contributed by atoms with van der Waals surface area (Å²) in [6.07, 6.45) is 2.04. The molecule has 4 heteroatoms. The highest BCUT2D eigenvalue weighted by Crippen LogP contribution is 2.19. The lowest BCUT2D eigenvalue weighted by atomic mass is 10.1. The van der Waals surface area contributed by atoms with E-state index in [1.54, 1.807) is 25.4 Å². The van der Waals surface area contributed by atoms with Crippen LogP contribution < -0.4 is 4.74 Å². The van der Waals surface area contributed by atoms with Gasteiger partial charge in [-0.25, -0.2) is 4.98 Å². The molecule has 1 aromatic heterocycles. The van der Waals surface area contributed by atoms with Crippen molar-refractivity contribution in [2.45, 2.75) is 6.42 Å². The maximum Gasteiger partial charge on any atom is 0.173 e. The number of carbonyl (C=O) groups excluding carboxylic acids is 1. The van der Waals surface area contributed by atoms with Gasteiger partial charge in [0.2, 0.25) is 0 Å². The lowest BCUT2D eigenvalue weighted by Crippen LogP contribution is -2.05. The first-order valence-corrected chi connectivity index (χ1v) is 5.74. The van der Waals surface area contributed by atoms with Crippen LogP contribution in [0.1, 0.15) is 15.4 Å². The van der Waals surface area contributed by atoms with Crippen LogP contribution in [0.5, 0.6) is 5.75 Å². The van der Waals surface area contributed by atoms with Gasteiger partial charge in [-0.15, -0.1) is 11.3 Å². The van der Waals surface area contributed by atoms with E-state index in [0.29, 0.717) is 17.7 Å². The molecule has 1 heterocycles. The standard InChI is InChI=1S/C12H11NO2S/c1-15-11-5-3-2-4-9(11)10(14)8-12-13-6-7-16-12/h2-7H,8H2,1H3. The number of ketones is 1. The second-order valence-electron chi connectivity index (χ2n) is 3.23. The Morgan fingerprint density at radius 2 is 2.25 bits per heavy atom. The number of methoxy groups -OCH3 is 1. The summed E-state index contributed by atoms with van der Waals surface area (Å²) in [5.74, 6) is 0.649. The van der Waals surface area contributed by atoms with E-state index < -0.39 is 0 Å². The molecule has 0 saturated carbocycles. The van der Waals surface area contributed by atoms with Crippen LogP contribution in [0.25, 0.3) is 0 Å². The zero-order valence-corrected chi connectivity index (χ0v) is 9.66. The number of thiazole rings is 1. The topological polar surface area (TPSA) is 39.2 Å². The molecular weight excluding hydrogens is 222 g/mol. The van der Waals surface area contributed by atoms with Crippen molar-refractivity contribution in [1.82, 2.24) is 4.98 Å². The third kappa shape index (κ3) is 2.28. The van der Waals surface area contributed by atoms with E-state index in [4.69, 9.17) is 4.74 Å². The molecule has 16 heavy (non-hydrogen) atoms. The van der Waals surface area contributed by atoms with Crippen LogP contribution in [0.2, 0.25) is 0 Å². The van der Waals surface area contributed by atoms with E-state index in [1.807, 2.05) is 17.5 Å². The quantitative estimate of drug-likeness (QED) is 0.762. The predicted molar refractivity (Wildman–Crippen MR) is 63.1 cm³/mol. The predicted octanol–water partition coefficient (Wildman–Crippen LogP) is 2.58. The molecule has 82 valence electrons. The molecule has 1 aromatic carbocycles. The number of hydrogen-bond donors (Lipinski definition) is 0. The number of rotatable bonds is 4. The van der Waals surface area contributed by atoms with Crippen LogP contribution in [0.15, 0.2) is 35.8 Å². The molecule has 0 spiro atoms. The van der Waals surface area contributed by atoms with E-state index in [0.717, 1.165) is 5.01 Å². The van der Waals surface area contributed by atoms with Gasteiger partial charge in [-0.05, 0) is 12.1 Å². The van der Waals surface area contributed by atoms with Crippen molar-refractivity contribution in [2.75, 3.05) is 7.11 Å². The van der Waals surface area contributed by atoms with E-state index >= 15 is 0 Å². The van der Waals surface area contributed by atoms with Crippen molar-refractivity contribution in [3.63, 3.8) is 0 Å². The SMILES string of the molecule is COc1ccccc1C(=O)Cc1nccs1. The summed E-state index contributed by atoms with van der Waals surface area (Å²) in [7, 11) is 1.56. The number of nitrogens with zero attached hydrogens (tertiary/aromatic N) is 1. The molecule has 2 aromatic rings. The van der Waals surface area contributed by atoms with Crippen molar-refractivity contribution in [3.8, 4) is 5.75 Å². The fraction of sp³-hybridized carbons (Fsp3) is 0.167. The van der Waals surface area contributed by atoms with Gasteiger partial charge in [-0.2, -0.15) is 0 Å². The van der Waals surface area contributed by atoms with Gasteiger partial charge in [0, 0.05) is 11.6 Å². The number of ether oxygens (including phenoxy) is 1. The van der Waals surface area contributed by atoms with Crippen LogP contribution in [-0.4, -0.2) is 17.9 Å². The largest absolute Gasteiger partial charge is 0.496 e. The maximum atomic E-state index is 12.0. The summed E-state index contributed by atoms with van der Waals surface area (Å²) in [6.45, 7) is 0. The molecule has 0 fully saturated rings. The molecule has 0 radical (unpaired) electrons. The number of aromatic nitrogens is 1. The van der Waals surface area contributed by atoms with Gasteiger partial charge in [0.05, 0.1) is 19.1 Å². The lowest BCUT2D eigenvalue weighted by Gasteiger charge is -2.05. The second-order valence-corrected chi connectivity index (χ2v) is 4.21. The summed E-state index contributed by atoms with van der Waals surface area (Å²) in [6, 6.07) is 7.24. The molecule has 0 aliphatic carbocycles. The Morgan fingerprint density at radius 1 is 1.44 bits per heavy atom. The zero-order chi connectivity index (χ0) is 11.4. The number of benzene rings is 1. The van der Waals surface area contributed by atoms with Crippen LogP contribution in [-0.2, 0) is 6.42 Å². The molecule has 0 amide bonds. The average molecular weight is 233 g/mol. The molecule has 0 bridgehead atoms. The molecule has 0 unspecified atom stereocenters. The van der Waals surface area contributed by atoms with E-state index in [2.05, 4.69) is 4.98 Å². The normalized spacial score (nSPS) is 10.1. The molecule has 0 aliphatic rings. The molecule has 0 atom stereocenters. The van der Waals surface area contributed by atoms with Gasteiger partial charge in [0.15, 0.2) is 5.78 Å². The summed E-state index contributed by atoms with van der Waals surface area (Å²) in [5.41, 5.74) is 0.611. The molecule has 0 aliphatic heterocycles. The van der Waals surface area contributed by atoms with Crippen molar-refractivity contribution >= 4 is 17.1 Å². The summed E-state index contributed by atoms with van der Waals surface area (Å²) in [5, 5.41) is 2.70. The smallest absolute Gasteiger partial charge is 0.173 e. The van der Waals surface area contributed by atoms with Crippen molar-refractivity contribution in [2.24, 2.45) is 0 Å². The van der Waals surface area contributed by atoms with Crippen LogP contribution in [0.3, 0.4) is 0 Å². The first-order chi connectivity index (χ1) is 7.81. The Labute approximate surface area is 97.7 Å². The van der Waals surface area contributed by atoms with Crippen LogP contribution >= 0.6 is 11.3 Å². The Morgan fingerprint density at radius 3 is 2.94 bits per heavy atom. The molecule has 3 nitrogen and oxygen atoms in total. The minimum absolute atomic E-state index is 0.0346. The van der Waals surface area contributed by atoms with E-state index in [1.165, 1.54) is 11.3 Å². The van der Waals surface area contributed by atoms with Crippen molar-refractivity contribution < 1.29 is 9.53 Å². The molecule has 0 saturated heterocycles. The Kier molecular flexibility index (Phi) is 3.31. The Balaban J connectivity index is 2.21. The third-order valence-corrected chi connectivity index (χ3v) is 2.98. The van der Waals surface area contributed by atoms with Gasteiger partial charge in [0.1, 0.15) is 10.8 Å². The average Bonchev–Trinajstić information content (AvgIpc) is 2.81. The maximum absolute atomic E-state index is 12.0. The first kappa shape index (κ1) is 10.8. The van der Waals surface area contributed by atoms with Gasteiger partial charge < -0.3 is 4.74 Å². The molecule has 0 N–H and O–H groups in total. The summed E-state index contributed by atoms with van der Waals surface area (Å²) < 4.78 is 5.15. The highest BCUT2D eigenvalue weighted by molar-refractivity contribution is 7.09. The Bertz CT molecular complexity index is 480. The highest BCUT2D eigenvalue weighted by atomic mass is 32.1. The van der Waals surface area contributed by atoms with E-state index in [-0.39, 0.29) is 5.78 Å². The number of carbonyl (C=O) groups is 1. The minimum Gasteiger partial charge on any atom is -0.496 e. The van der Waals surface area contributed by atoms with Gasteiger partial charge in [-0.1, -0.05) is 12.1 Å². The van der Waals surface area contributed by atoms with Gasteiger partial charge in [0.25, 0.3) is 0 Å². The number of Topliss-reactive ketones (excluding diaryl/α,β-unsaturated/α-hetero) is 1. The fourth-order valence-electron chi connectivity index (χ4n) is 1.45. The summed E-state index contributed by atoms with van der Waals surface area (Å²) in [4.78, 5) is 16.1.